The maximum Gasteiger partial charge on any atom is 0.337 e. The highest BCUT2D eigenvalue weighted by molar-refractivity contribution is 6.33. The summed E-state index contributed by atoms with van der Waals surface area (Å²) in [5.74, 6) is -2.30. The maximum atomic E-state index is 11.1. The standard InChI is InChI=1S/C13H8ClNO4/c14-11-2-1-7(5-9(11)12(16)17)8-3-4-15-6-10(8)13(18)19/h1-6H,(H,16,17)(H,18,19). The number of carbonyl (C=O) groups is 2. The monoisotopic (exact) mass is 277 g/mol. The lowest BCUT2D eigenvalue weighted by atomic mass is 10.00. The Kier molecular flexibility index (Phi) is 3.48. The van der Waals surface area contributed by atoms with E-state index in [1.165, 1.54) is 30.6 Å². The molecule has 0 fully saturated rings. The number of nitrogens with zero attached hydrogens (tertiary/aromatic N) is 1. The average Bonchev–Trinajstić information content (AvgIpc) is 2.39. The molecule has 19 heavy (non-hydrogen) atoms. The molecule has 5 nitrogen and oxygen atoms in total. The first-order chi connectivity index (χ1) is 9.00. The van der Waals surface area contributed by atoms with E-state index < -0.39 is 11.9 Å². The number of benzene rings is 1. The Balaban J connectivity index is 2.63. The molecule has 0 aliphatic heterocycles. The maximum absolute atomic E-state index is 11.1. The van der Waals surface area contributed by atoms with Crippen molar-refractivity contribution in [2.24, 2.45) is 0 Å². The van der Waals surface area contributed by atoms with Crippen molar-refractivity contribution in [3.63, 3.8) is 0 Å². The lowest BCUT2D eigenvalue weighted by molar-refractivity contribution is 0.0687. The molecule has 0 bridgehead atoms. The quantitative estimate of drug-likeness (QED) is 0.901. The summed E-state index contributed by atoms with van der Waals surface area (Å²) in [5, 5.41) is 18.2. The molecule has 96 valence electrons. The topological polar surface area (TPSA) is 87.5 Å². The lowest BCUT2D eigenvalue weighted by Crippen LogP contribution is -2.02. The predicted octanol–water partition coefficient (Wildman–Crippen LogP) is 2.80. The fourth-order valence-electron chi connectivity index (χ4n) is 1.67. The highest BCUT2D eigenvalue weighted by Crippen LogP contribution is 2.27. The van der Waals surface area contributed by atoms with E-state index in [-0.39, 0.29) is 16.1 Å². The molecule has 2 rings (SSSR count). The number of pyridine rings is 1. The highest BCUT2D eigenvalue weighted by Gasteiger charge is 2.15. The van der Waals surface area contributed by atoms with E-state index in [1.54, 1.807) is 6.07 Å². The van der Waals surface area contributed by atoms with Gasteiger partial charge in [0.15, 0.2) is 0 Å². The highest BCUT2D eigenvalue weighted by atomic mass is 35.5. The Morgan fingerprint density at radius 2 is 1.74 bits per heavy atom. The van der Waals surface area contributed by atoms with Crippen LogP contribution in [0.25, 0.3) is 11.1 Å². The molecule has 0 amide bonds. The SMILES string of the molecule is O=C(O)c1cc(-c2ccncc2C(=O)O)ccc1Cl. The Bertz CT molecular complexity index is 669. The van der Waals surface area contributed by atoms with Crippen molar-refractivity contribution in [1.82, 2.24) is 4.98 Å². The molecule has 2 aromatic rings. The molecular weight excluding hydrogens is 270 g/mol. The second kappa shape index (κ2) is 5.07. The minimum atomic E-state index is -1.17. The molecule has 0 saturated carbocycles. The third kappa shape index (κ3) is 2.56. The number of carboxylic acid groups (broad SMARTS) is 2. The van der Waals surface area contributed by atoms with Crippen LogP contribution >= 0.6 is 11.6 Å². The van der Waals surface area contributed by atoms with Crippen LogP contribution in [0, 0.1) is 0 Å². The van der Waals surface area contributed by atoms with Crippen LogP contribution in [0.1, 0.15) is 20.7 Å². The number of rotatable bonds is 3. The second-order valence-corrected chi connectivity index (χ2v) is 4.13. The van der Waals surface area contributed by atoms with Crippen LogP contribution in [0.2, 0.25) is 5.02 Å². The second-order valence-electron chi connectivity index (χ2n) is 3.73. The van der Waals surface area contributed by atoms with Crippen molar-refractivity contribution < 1.29 is 19.8 Å². The fourth-order valence-corrected chi connectivity index (χ4v) is 1.87. The van der Waals surface area contributed by atoms with E-state index in [4.69, 9.17) is 21.8 Å². The molecule has 1 aromatic carbocycles. The zero-order valence-corrected chi connectivity index (χ0v) is 10.3. The van der Waals surface area contributed by atoms with E-state index in [0.717, 1.165) is 0 Å². The third-order valence-electron chi connectivity index (χ3n) is 2.56. The third-order valence-corrected chi connectivity index (χ3v) is 2.89. The number of aromatic carboxylic acids is 2. The number of aromatic nitrogens is 1. The van der Waals surface area contributed by atoms with Gasteiger partial charge >= 0.3 is 11.9 Å². The van der Waals surface area contributed by atoms with Gasteiger partial charge in [-0.1, -0.05) is 17.7 Å². The van der Waals surface area contributed by atoms with Crippen LogP contribution < -0.4 is 0 Å². The first-order valence-corrected chi connectivity index (χ1v) is 5.59. The average molecular weight is 278 g/mol. The summed E-state index contributed by atoms with van der Waals surface area (Å²) in [4.78, 5) is 25.9. The number of hydrogen-bond acceptors (Lipinski definition) is 3. The van der Waals surface area contributed by atoms with Crippen molar-refractivity contribution in [3.05, 3.63) is 52.8 Å². The van der Waals surface area contributed by atoms with E-state index in [9.17, 15) is 9.59 Å². The summed E-state index contributed by atoms with van der Waals surface area (Å²) in [7, 11) is 0. The molecule has 6 heteroatoms. The van der Waals surface area contributed by atoms with Gasteiger partial charge in [-0.2, -0.15) is 0 Å². The van der Waals surface area contributed by atoms with Gasteiger partial charge in [-0.3, -0.25) is 4.98 Å². The summed E-state index contributed by atoms with van der Waals surface area (Å²) in [5.41, 5.74) is 0.775. The van der Waals surface area contributed by atoms with Crippen LogP contribution in [0.15, 0.2) is 36.7 Å². The fraction of sp³-hybridized carbons (Fsp3) is 0. The molecule has 0 aliphatic rings. The van der Waals surface area contributed by atoms with Gasteiger partial charge in [0.25, 0.3) is 0 Å². The molecule has 0 radical (unpaired) electrons. The zero-order chi connectivity index (χ0) is 14.0. The van der Waals surface area contributed by atoms with Crippen LogP contribution in [0.4, 0.5) is 0 Å². The van der Waals surface area contributed by atoms with Crippen LogP contribution in [0.3, 0.4) is 0 Å². The van der Waals surface area contributed by atoms with Crippen molar-refractivity contribution in [1.29, 1.82) is 0 Å². The molecule has 0 spiro atoms. The normalized spacial score (nSPS) is 10.2. The smallest absolute Gasteiger partial charge is 0.337 e. The van der Waals surface area contributed by atoms with Gasteiger partial charge < -0.3 is 10.2 Å². The summed E-state index contributed by atoms with van der Waals surface area (Å²) < 4.78 is 0. The zero-order valence-electron chi connectivity index (χ0n) is 9.50. The van der Waals surface area contributed by atoms with E-state index in [2.05, 4.69) is 4.98 Å². The predicted molar refractivity (Wildman–Crippen MR) is 68.6 cm³/mol. The summed E-state index contributed by atoms with van der Waals surface area (Å²) in [6.45, 7) is 0. The van der Waals surface area contributed by atoms with E-state index in [0.29, 0.717) is 11.1 Å². The number of carboxylic acids is 2. The molecule has 0 aliphatic carbocycles. The Labute approximate surface area is 113 Å². The summed E-state index contributed by atoms with van der Waals surface area (Å²) in [6.07, 6.45) is 2.66. The number of halogens is 1. The first-order valence-electron chi connectivity index (χ1n) is 5.21. The number of hydrogen-bond donors (Lipinski definition) is 2. The van der Waals surface area contributed by atoms with Crippen molar-refractivity contribution in [2.45, 2.75) is 0 Å². The van der Waals surface area contributed by atoms with Crippen LogP contribution in [-0.4, -0.2) is 27.1 Å². The van der Waals surface area contributed by atoms with Crippen molar-refractivity contribution >= 4 is 23.5 Å². The van der Waals surface area contributed by atoms with Gasteiger partial charge in [0, 0.05) is 12.4 Å². The van der Waals surface area contributed by atoms with E-state index >= 15 is 0 Å². The van der Waals surface area contributed by atoms with Crippen LogP contribution in [-0.2, 0) is 0 Å². The largest absolute Gasteiger partial charge is 0.478 e. The van der Waals surface area contributed by atoms with Crippen molar-refractivity contribution in [2.75, 3.05) is 0 Å². The molecule has 2 N–H and O–H groups in total. The Hall–Kier alpha value is -2.40. The molecule has 0 atom stereocenters. The molecule has 1 heterocycles. The van der Waals surface area contributed by atoms with Gasteiger partial charge in [-0.25, -0.2) is 9.59 Å². The van der Waals surface area contributed by atoms with Gasteiger partial charge in [0.05, 0.1) is 16.1 Å². The van der Waals surface area contributed by atoms with Crippen LogP contribution in [0.5, 0.6) is 0 Å². The first kappa shape index (κ1) is 13.0. The Morgan fingerprint density at radius 1 is 1.05 bits per heavy atom. The minimum absolute atomic E-state index is 0.00108. The van der Waals surface area contributed by atoms with E-state index in [1.807, 2.05) is 0 Å². The van der Waals surface area contributed by atoms with Gasteiger partial charge in [-0.05, 0) is 29.3 Å². The van der Waals surface area contributed by atoms with Crippen molar-refractivity contribution in [3.8, 4) is 11.1 Å². The lowest BCUT2D eigenvalue weighted by Gasteiger charge is -2.07. The van der Waals surface area contributed by atoms with Gasteiger partial charge in [0.1, 0.15) is 0 Å². The molecule has 0 saturated heterocycles. The molecular formula is C13H8ClNO4. The van der Waals surface area contributed by atoms with Gasteiger partial charge in [-0.15, -0.1) is 0 Å². The summed E-state index contributed by atoms with van der Waals surface area (Å²) >= 11 is 5.77. The molecule has 1 aromatic heterocycles. The molecule has 0 unspecified atom stereocenters. The minimum Gasteiger partial charge on any atom is -0.478 e. The van der Waals surface area contributed by atoms with Gasteiger partial charge in [0.2, 0.25) is 0 Å². The Morgan fingerprint density at radius 3 is 2.37 bits per heavy atom. The summed E-state index contributed by atoms with van der Waals surface area (Å²) in [6, 6.07) is 5.84.